The summed E-state index contributed by atoms with van der Waals surface area (Å²) in [6.07, 6.45) is 1.98. The molecule has 3 rings (SSSR count). The number of anilines is 1. The van der Waals surface area contributed by atoms with Crippen molar-refractivity contribution in [3.63, 3.8) is 0 Å². The van der Waals surface area contributed by atoms with E-state index in [0.29, 0.717) is 17.1 Å². The van der Waals surface area contributed by atoms with E-state index in [4.69, 9.17) is 23.2 Å². The SMILES string of the molecule is CCCNC(=O)C(Cc1ccccc1)N(Cc1cccc(Cl)c1)C(=O)CN(c1ccccc1Cl)S(C)(=O)=O. The fourth-order valence-corrected chi connectivity index (χ4v) is 5.36. The van der Waals surface area contributed by atoms with Crippen molar-refractivity contribution in [1.82, 2.24) is 10.2 Å². The first-order valence-corrected chi connectivity index (χ1v) is 14.8. The van der Waals surface area contributed by atoms with Crippen LogP contribution in [0.1, 0.15) is 24.5 Å². The lowest BCUT2D eigenvalue weighted by Crippen LogP contribution is -2.53. The highest BCUT2D eigenvalue weighted by Crippen LogP contribution is 2.28. The lowest BCUT2D eigenvalue weighted by atomic mass is 10.0. The molecule has 202 valence electrons. The molecule has 1 atom stereocenters. The summed E-state index contributed by atoms with van der Waals surface area (Å²) >= 11 is 12.5. The Hall–Kier alpha value is -3.07. The molecule has 0 bridgehead atoms. The van der Waals surface area contributed by atoms with Gasteiger partial charge in [-0.15, -0.1) is 0 Å². The van der Waals surface area contributed by atoms with E-state index in [1.807, 2.05) is 37.3 Å². The second kappa shape index (κ2) is 13.6. The quantitative estimate of drug-likeness (QED) is 0.332. The van der Waals surface area contributed by atoms with Gasteiger partial charge in [0.1, 0.15) is 12.6 Å². The van der Waals surface area contributed by atoms with Crippen molar-refractivity contribution < 1.29 is 18.0 Å². The minimum Gasteiger partial charge on any atom is -0.354 e. The summed E-state index contributed by atoms with van der Waals surface area (Å²) in [5.41, 5.74) is 1.75. The largest absolute Gasteiger partial charge is 0.354 e. The summed E-state index contributed by atoms with van der Waals surface area (Å²) in [6, 6.07) is 21.9. The molecule has 0 aliphatic rings. The van der Waals surface area contributed by atoms with Crippen LogP contribution in [-0.4, -0.2) is 50.5 Å². The predicted octanol–water partition coefficient (Wildman–Crippen LogP) is 4.93. The molecule has 0 aromatic heterocycles. The Balaban J connectivity index is 2.05. The number of rotatable bonds is 12. The minimum atomic E-state index is -3.89. The van der Waals surface area contributed by atoms with Gasteiger partial charge in [-0.05, 0) is 41.8 Å². The van der Waals surface area contributed by atoms with E-state index in [-0.39, 0.29) is 29.6 Å². The molecular formula is C28H31Cl2N3O4S. The number of nitrogens with one attached hydrogen (secondary N) is 1. The van der Waals surface area contributed by atoms with E-state index in [9.17, 15) is 18.0 Å². The fourth-order valence-electron chi connectivity index (χ4n) is 4.00. The van der Waals surface area contributed by atoms with Crippen LogP contribution in [0.15, 0.2) is 78.9 Å². The number of benzene rings is 3. The molecule has 0 saturated heterocycles. The number of amides is 2. The number of hydrogen-bond acceptors (Lipinski definition) is 4. The maximum Gasteiger partial charge on any atom is 0.244 e. The third-order valence-electron chi connectivity index (χ3n) is 5.86. The van der Waals surface area contributed by atoms with E-state index in [2.05, 4.69) is 5.32 Å². The van der Waals surface area contributed by atoms with E-state index >= 15 is 0 Å². The molecule has 0 fully saturated rings. The summed E-state index contributed by atoms with van der Waals surface area (Å²) in [7, 11) is -3.89. The Kier molecular flexibility index (Phi) is 10.6. The van der Waals surface area contributed by atoms with Gasteiger partial charge in [0.2, 0.25) is 21.8 Å². The molecule has 0 spiro atoms. The fraction of sp³-hybridized carbons (Fsp3) is 0.286. The number of carbonyl (C=O) groups excluding carboxylic acids is 2. The molecule has 0 heterocycles. The number of halogens is 2. The molecule has 0 aliphatic heterocycles. The number of nitrogens with zero attached hydrogens (tertiary/aromatic N) is 2. The predicted molar refractivity (Wildman–Crippen MR) is 153 cm³/mol. The van der Waals surface area contributed by atoms with Crippen LogP contribution in [0, 0.1) is 0 Å². The highest BCUT2D eigenvalue weighted by molar-refractivity contribution is 7.92. The maximum atomic E-state index is 13.9. The van der Waals surface area contributed by atoms with Crippen LogP contribution in [0.5, 0.6) is 0 Å². The molecule has 1 N–H and O–H groups in total. The van der Waals surface area contributed by atoms with Crippen LogP contribution in [-0.2, 0) is 32.6 Å². The monoisotopic (exact) mass is 575 g/mol. The van der Waals surface area contributed by atoms with Gasteiger partial charge in [0, 0.05) is 24.5 Å². The zero-order chi connectivity index (χ0) is 27.7. The standard InChI is InChI=1S/C28H31Cl2N3O4S/c1-3-16-31-28(35)26(18-21-10-5-4-6-11-21)32(19-22-12-9-13-23(29)17-22)27(34)20-33(38(2,36)37)25-15-8-7-14-24(25)30/h4-15,17,26H,3,16,18-20H2,1-2H3,(H,31,35). The number of carbonyl (C=O) groups is 2. The lowest BCUT2D eigenvalue weighted by molar-refractivity contribution is -0.140. The van der Waals surface area contributed by atoms with Crippen molar-refractivity contribution in [2.75, 3.05) is 23.7 Å². The van der Waals surface area contributed by atoms with Crippen LogP contribution < -0.4 is 9.62 Å². The smallest absolute Gasteiger partial charge is 0.244 e. The van der Waals surface area contributed by atoms with Crippen molar-refractivity contribution in [3.05, 3.63) is 100 Å². The molecule has 38 heavy (non-hydrogen) atoms. The van der Waals surface area contributed by atoms with E-state index < -0.39 is 28.5 Å². The Labute approximate surface area is 234 Å². The van der Waals surface area contributed by atoms with E-state index in [0.717, 1.165) is 22.5 Å². The van der Waals surface area contributed by atoms with Crippen LogP contribution in [0.25, 0.3) is 0 Å². The Morgan fingerprint density at radius 2 is 1.58 bits per heavy atom. The van der Waals surface area contributed by atoms with Gasteiger partial charge >= 0.3 is 0 Å². The van der Waals surface area contributed by atoms with Crippen LogP contribution >= 0.6 is 23.2 Å². The summed E-state index contributed by atoms with van der Waals surface area (Å²) in [6.45, 7) is 1.90. The minimum absolute atomic E-state index is 0.0521. The molecule has 7 nitrogen and oxygen atoms in total. The Morgan fingerprint density at radius 3 is 2.21 bits per heavy atom. The van der Waals surface area contributed by atoms with Crippen LogP contribution in [0.2, 0.25) is 10.0 Å². The molecule has 10 heteroatoms. The lowest BCUT2D eigenvalue weighted by Gasteiger charge is -2.33. The van der Waals surface area contributed by atoms with Crippen molar-refractivity contribution >= 4 is 50.7 Å². The molecule has 1 unspecified atom stereocenters. The first-order chi connectivity index (χ1) is 18.1. The summed E-state index contributed by atoms with van der Waals surface area (Å²) in [4.78, 5) is 28.8. The summed E-state index contributed by atoms with van der Waals surface area (Å²) in [5.74, 6) is -0.877. The summed E-state index contributed by atoms with van der Waals surface area (Å²) in [5, 5.41) is 3.57. The third-order valence-corrected chi connectivity index (χ3v) is 7.54. The summed E-state index contributed by atoms with van der Waals surface area (Å²) < 4.78 is 26.5. The van der Waals surface area contributed by atoms with Crippen LogP contribution in [0.3, 0.4) is 0 Å². The van der Waals surface area contributed by atoms with Gasteiger partial charge in [-0.3, -0.25) is 13.9 Å². The van der Waals surface area contributed by atoms with Gasteiger partial charge < -0.3 is 10.2 Å². The second-order valence-corrected chi connectivity index (χ2v) is 11.6. The average molecular weight is 577 g/mol. The van der Waals surface area contributed by atoms with Crippen molar-refractivity contribution in [2.45, 2.75) is 32.4 Å². The van der Waals surface area contributed by atoms with Gasteiger partial charge in [-0.25, -0.2) is 8.42 Å². The van der Waals surface area contributed by atoms with Gasteiger partial charge in [-0.2, -0.15) is 0 Å². The second-order valence-electron chi connectivity index (χ2n) is 8.87. The Morgan fingerprint density at radius 1 is 0.921 bits per heavy atom. The van der Waals surface area contributed by atoms with Gasteiger partial charge in [0.05, 0.1) is 17.0 Å². The zero-order valence-electron chi connectivity index (χ0n) is 21.3. The van der Waals surface area contributed by atoms with E-state index in [1.165, 1.54) is 11.0 Å². The zero-order valence-corrected chi connectivity index (χ0v) is 23.6. The molecule has 0 radical (unpaired) electrons. The van der Waals surface area contributed by atoms with Crippen molar-refractivity contribution in [1.29, 1.82) is 0 Å². The molecular weight excluding hydrogens is 545 g/mol. The highest BCUT2D eigenvalue weighted by atomic mass is 35.5. The van der Waals surface area contributed by atoms with Crippen LogP contribution in [0.4, 0.5) is 5.69 Å². The van der Waals surface area contributed by atoms with Gasteiger partial charge in [-0.1, -0.05) is 84.7 Å². The number of sulfonamides is 1. The molecule has 3 aromatic carbocycles. The maximum absolute atomic E-state index is 13.9. The number of hydrogen-bond donors (Lipinski definition) is 1. The Bertz CT molecular complexity index is 1350. The molecule has 2 amide bonds. The molecule has 0 aliphatic carbocycles. The topological polar surface area (TPSA) is 86.8 Å². The normalized spacial score (nSPS) is 12.0. The molecule has 0 saturated carbocycles. The van der Waals surface area contributed by atoms with Crippen molar-refractivity contribution in [3.8, 4) is 0 Å². The number of para-hydroxylation sites is 1. The first-order valence-electron chi connectivity index (χ1n) is 12.2. The third kappa shape index (κ3) is 8.21. The average Bonchev–Trinajstić information content (AvgIpc) is 2.88. The first kappa shape index (κ1) is 29.5. The van der Waals surface area contributed by atoms with Crippen molar-refractivity contribution in [2.24, 2.45) is 0 Å². The molecule has 3 aromatic rings. The van der Waals surface area contributed by atoms with Gasteiger partial charge in [0.15, 0.2) is 0 Å². The highest BCUT2D eigenvalue weighted by Gasteiger charge is 2.33. The van der Waals surface area contributed by atoms with Gasteiger partial charge in [0.25, 0.3) is 0 Å². The van der Waals surface area contributed by atoms with E-state index in [1.54, 1.807) is 42.5 Å².